The van der Waals surface area contributed by atoms with E-state index in [2.05, 4.69) is 9.82 Å². The maximum atomic E-state index is 12.6. The van der Waals surface area contributed by atoms with Crippen molar-refractivity contribution in [3.8, 4) is 23.0 Å². The highest BCUT2D eigenvalue weighted by atomic mass is 32.2. The molecular weight excluding hydrogens is 418 g/mol. The molecule has 0 unspecified atom stereocenters. The van der Waals surface area contributed by atoms with Crippen LogP contribution in [0, 0.1) is 0 Å². The van der Waals surface area contributed by atoms with Crippen LogP contribution in [0.4, 0.5) is 0 Å². The van der Waals surface area contributed by atoms with E-state index in [0.29, 0.717) is 23.0 Å². The number of ether oxygens (including phenoxy) is 1. The first-order valence-corrected chi connectivity index (χ1v) is 10.9. The topological polar surface area (TPSA) is 103 Å². The number of furan rings is 1. The largest absolute Gasteiger partial charge is 0.463 e. The first kappa shape index (κ1) is 20.6. The average Bonchev–Trinajstić information content (AvgIpc) is 3.31. The standard InChI is InChI=1S/C22H19N3O5S/c26-22-13-12-20(21-7-4-16-29-21)24-25(22)15-14-23-31(27,28)19-10-8-18(9-11-19)30-17-5-2-1-3-6-17/h1-13,16,23H,14-15H2. The van der Waals surface area contributed by atoms with Crippen molar-refractivity contribution in [3.05, 3.63) is 95.5 Å². The highest BCUT2D eigenvalue weighted by Crippen LogP contribution is 2.22. The molecule has 0 spiro atoms. The molecule has 158 valence electrons. The van der Waals surface area contributed by atoms with Crippen molar-refractivity contribution in [1.29, 1.82) is 0 Å². The number of nitrogens with one attached hydrogen (secondary N) is 1. The molecule has 0 aliphatic carbocycles. The molecule has 0 amide bonds. The molecule has 2 heterocycles. The van der Waals surface area contributed by atoms with E-state index in [1.54, 1.807) is 30.3 Å². The van der Waals surface area contributed by atoms with Gasteiger partial charge in [0.05, 0.1) is 17.7 Å². The molecule has 0 radical (unpaired) electrons. The summed E-state index contributed by atoms with van der Waals surface area (Å²) in [6, 6.07) is 21.7. The van der Waals surface area contributed by atoms with E-state index in [1.807, 2.05) is 30.3 Å². The lowest BCUT2D eigenvalue weighted by Gasteiger charge is -2.10. The van der Waals surface area contributed by atoms with Crippen molar-refractivity contribution in [2.75, 3.05) is 6.54 Å². The molecule has 2 aromatic heterocycles. The van der Waals surface area contributed by atoms with E-state index in [4.69, 9.17) is 9.15 Å². The van der Waals surface area contributed by atoms with E-state index in [0.717, 1.165) is 0 Å². The predicted octanol–water partition coefficient (Wildman–Crippen LogP) is 3.27. The zero-order valence-corrected chi connectivity index (χ0v) is 17.2. The normalized spacial score (nSPS) is 11.4. The lowest BCUT2D eigenvalue weighted by molar-refractivity contribution is 0.482. The Morgan fingerprint density at radius 2 is 1.65 bits per heavy atom. The van der Waals surface area contributed by atoms with Crippen molar-refractivity contribution in [2.24, 2.45) is 0 Å². The highest BCUT2D eigenvalue weighted by Gasteiger charge is 2.14. The van der Waals surface area contributed by atoms with Crippen LogP contribution in [0.5, 0.6) is 11.5 Å². The third-order valence-corrected chi connectivity index (χ3v) is 5.85. The SMILES string of the molecule is O=c1ccc(-c2ccco2)nn1CCNS(=O)(=O)c1ccc(Oc2ccccc2)cc1. The minimum Gasteiger partial charge on any atom is -0.463 e. The van der Waals surface area contributed by atoms with Gasteiger partial charge in [-0.3, -0.25) is 4.79 Å². The van der Waals surface area contributed by atoms with Gasteiger partial charge in [-0.1, -0.05) is 18.2 Å². The maximum absolute atomic E-state index is 12.6. The molecule has 2 aromatic carbocycles. The van der Waals surface area contributed by atoms with Gasteiger partial charge in [0.1, 0.15) is 17.2 Å². The molecule has 0 aliphatic heterocycles. The number of para-hydroxylation sites is 1. The van der Waals surface area contributed by atoms with Gasteiger partial charge in [-0.2, -0.15) is 5.10 Å². The summed E-state index contributed by atoms with van der Waals surface area (Å²) in [6.07, 6.45) is 1.51. The fraction of sp³-hybridized carbons (Fsp3) is 0.0909. The number of aromatic nitrogens is 2. The van der Waals surface area contributed by atoms with E-state index < -0.39 is 10.0 Å². The van der Waals surface area contributed by atoms with Crippen molar-refractivity contribution < 1.29 is 17.6 Å². The number of benzene rings is 2. The molecule has 0 fully saturated rings. The predicted molar refractivity (Wildman–Crippen MR) is 114 cm³/mol. The molecule has 1 N–H and O–H groups in total. The van der Waals surface area contributed by atoms with Crippen LogP contribution >= 0.6 is 0 Å². The van der Waals surface area contributed by atoms with Crippen molar-refractivity contribution in [2.45, 2.75) is 11.4 Å². The maximum Gasteiger partial charge on any atom is 0.266 e. The van der Waals surface area contributed by atoms with Gasteiger partial charge in [-0.15, -0.1) is 0 Å². The van der Waals surface area contributed by atoms with Gasteiger partial charge in [0.2, 0.25) is 10.0 Å². The Morgan fingerprint density at radius 1 is 0.903 bits per heavy atom. The van der Waals surface area contributed by atoms with Crippen LogP contribution in [0.2, 0.25) is 0 Å². The van der Waals surface area contributed by atoms with Crippen LogP contribution in [0.3, 0.4) is 0 Å². The summed E-state index contributed by atoms with van der Waals surface area (Å²) in [5, 5.41) is 4.22. The summed E-state index contributed by atoms with van der Waals surface area (Å²) in [5.74, 6) is 1.70. The van der Waals surface area contributed by atoms with Crippen LogP contribution < -0.4 is 15.0 Å². The average molecular weight is 437 g/mol. The molecule has 0 saturated carbocycles. The Bertz CT molecular complexity index is 1300. The van der Waals surface area contributed by atoms with Gasteiger partial charge in [-0.05, 0) is 54.6 Å². The minimum absolute atomic E-state index is 0.000878. The van der Waals surface area contributed by atoms with Gasteiger partial charge < -0.3 is 9.15 Å². The van der Waals surface area contributed by atoms with Crippen molar-refractivity contribution in [3.63, 3.8) is 0 Å². The van der Waals surface area contributed by atoms with Gasteiger partial charge in [-0.25, -0.2) is 17.8 Å². The lowest BCUT2D eigenvalue weighted by atomic mass is 10.3. The quantitative estimate of drug-likeness (QED) is 0.454. The summed E-state index contributed by atoms with van der Waals surface area (Å²) in [4.78, 5) is 12.1. The molecular formula is C22H19N3O5S. The number of rotatable bonds is 8. The van der Waals surface area contributed by atoms with E-state index in [-0.39, 0.29) is 23.5 Å². The molecule has 31 heavy (non-hydrogen) atoms. The Kier molecular flexibility index (Phi) is 5.96. The third-order valence-electron chi connectivity index (χ3n) is 4.37. The van der Waals surface area contributed by atoms with Gasteiger partial charge in [0.25, 0.3) is 5.56 Å². The van der Waals surface area contributed by atoms with Crippen LogP contribution in [-0.2, 0) is 16.6 Å². The van der Waals surface area contributed by atoms with Crippen LogP contribution in [0.15, 0.2) is 99.2 Å². The fourth-order valence-electron chi connectivity index (χ4n) is 2.85. The summed E-state index contributed by atoms with van der Waals surface area (Å²) < 4.78 is 39.7. The summed E-state index contributed by atoms with van der Waals surface area (Å²) in [6.45, 7) is 0.0704. The first-order valence-electron chi connectivity index (χ1n) is 9.46. The van der Waals surface area contributed by atoms with Gasteiger partial charge in [0.15, 0.2) is 5.76 Å². The molecule has 0 bridgehead atoms. The highest BCUT2D eigenvalue weighted by molar-refractivity contribution is 7.89. The molecule has 9 heteroatoms. The Labute approximate surface area is 178 Å². The smallest absolute Gasteiger partial charge is 0.266 e. The monoisotopic (exact) mass is 437 g/mol. The molecule has 0 saturated heterocycles. The van der Waals surface area contributed by atoms with E-state index in [1.165, 1.54) is 29.1 Å². The number of nitrogens with zero attached hydrogens (tertiary/aromatic N) is 2. The van der Waals surface area contributed by atoms with Gasteiger partial charge >= 0.3 is 0 Å². The Morgan fingerprint density at radius 3 is 2.35 bits per heavy atom. The third kappa shape index (κ3) is 5.08. The molecule has 8 nitrogen and oxygen atoms in total. The van der Waals surface area contributed by atoms with Crippen LogP contribution in [0.25, 0.3) is 11.5 Å². The number of hydrogen-bond donors (Lipinski definition) is 1. The van der Waals surface area contributed by atoms with E-state index in [9.17, 15) is 13.2 Å². The van der Waals surface area contributed by atoms with Crippen molar-refractivity contribution >= 4 is 10.0 Å². The second-order valence-corrected chi connectivity index (χ2v) is 8.31. The fourth-order valence-corrected chi connectivity index (χ4v) is 3.87. The molecule has 4 aromatic rings. The second kappa shape index (κ2) is 8.99. The zero-order chi connectivity index (χ0) is 21.7. The summed E-state index contributed by atoms with van der Waals surface area (Å²) in [7, 11) is -3.75. The minimum atomic E-state index is -3.75. The second-order valence-electron chi connectivity index (χ2n) is 6.54. The first-order chi connectivity index (χ1) is 15.0. The molecule has 4 rings (SSSR count). The Hall–Kier alpha value is -3.69. The lowest BCUT2D eigenvalue weighted by Crippen LogP contribution is -2.32. The molecule has 0 aliphatic rings. The molecule has 0 atom stereocenters. The zero-order valence-electron chi connectivity index (χ0n) is 16.3. The Balaban J connectivity index is 1.39. The van der Waals surface area contributed by atoms with Crippen LogP contribution in [-0.4, -0.2) is 24.7 Å². The van der Waals surface area contributed by atoms with Gasteiger partial charge in [0, 0.05) is 12.6 Å². The van der Waals surface area contributed by atoms with Crippen molar-refractivity contribution in [1.82, 2.24) is 14.5 Å². The summed E-state index contributed by atoms with van der Waals surface area (Å²) in [5.41, 5.74) is 0.151. The summed E-state index contributed by atoms with van der Waals surface area (Å²) >= 11 is 0. The van der Waals surface area contributed by atoms with Crippen LogP contribution in [0.1, 0.15) is 0 Å². The number of hydrogen-bond acceptors (Lipinski definition) is 6. The number of sulfonamides is 1. The van der Waals surface area contributed by atoms with E-state index >= 15 is 0 Å².